The molecule has 0 bridgehead atoms. The van der Waals surface area contributed by atoms with Gasteiger partial charge in [0.1, 0.15) is 6.07 Å². The normalized spacial score (nSPS) is 12.0. The Balaban J connectivity index is 2.02. The highest BCUT2D eigenvalue weighted by molar-refractivity contribution is 5.93. The third-order valence-corrected chi connectivity index (χ3v) is 4.43. The first-order valence-corrected chi connectivity index (χ1v) is 9.04. The number of benzene rings is 2. The Hall–Kier alpha value is -2.64. The molecule has 2 rings (SSSR count). The molecule has 1 atom stereocenters. The topological polar surface area (TPSA) is 64.9 Å². The van der Waals surface area contributed by atoms with E-state index in [9.17, 15) is 4.79 Å². The van der Waals surface area contributed by atoms with Gasteiger partial charge in [-0.25, -0.2) is 0 Å². The lowest BCUT2D eigenvalue weighted by molar-refractivity contribution is -0.115. The molecule has 0 aliphatic carbocycles. The summed E-state index contributed by atoms with van der Waals surface area (Å²) in [7, 11) is 0. The number of hydrogen-bond donors (Lipinski definition) is 2. The largest absolute Gasteiger partial charge is 0.324 e. The number of nitriles is 1. The zero-order valence-corrected chi connectivity index (χ0v) is 15.9. The van der Waals surface area contributed by atoms with Gasteiger partial charge >= 0.3 is 0 Å². The van der Waals surface area contributed by atoms with Crippen molar-refractivity contribution in [1.29, 1.82) is 5.26 Å². The molecule has 0 aliphatic rings. The molecule has 0 aromatic heterocycles. The lowest BCUT2D eigenvalue weighted by atomic mass is 9.93. The van der Waals surface area contributed by atoms with E-state index in [4.69, 9.17) is 5.26 Å². The van der Waals surface area contributed by atoms with Crippen LogP contribution in [0.5, 0.6) is 0 Å². The number of amides is 1. The minimum atomic E-state index is -0.155. The Morgan fingerprint density at radius 3 is 2.19 bits per heavy atom. The number of carbonyl (C=O) groups excluding carboxylic acids is 1. The number of para-hydroxylation sites is 1. The Kier molecular flexibility index (Phi) is 6.94. The Morgan fingerprint density at radius 1 is 1.00 bits per heavy atom. The fraction of sp³-hybridized carbons (Fsp3) is 0.364. The second-order valence-electron chi connectivity index (χ2n) is 7.13. The minimum absolute atomic E-state index is 0.0909. The fourth-order valence-electron chi connectivity index (χ4n) is 2.91. The van der Waals surface area contributed by atoms with Gasteiger partial charge in [0.25, 0.3) is 0 Å². The molecule has 136 valence electrons. The van der Waals surface area contributed by atoms with Gasteiger partial charge in [0.15, 0.2) is 0 Å². The predicted molar refractivity (Wildman–Crippen MR) is 106 cm³/mol. The zero-order valence-electron chi connectivity index (χ0n) is 15.9. The van der Waals surface area contributed by atoms with Crippen LogP contribution < -0.4 is 10.6 Å². The summed E-state index contributed by atoms with van der Waals surface area (Å²) in [6.45, 7) is 8.82. The number of rotatable bonds is 7. The molecule has 2 aromatic rings. The van der Waals surface area contributed by atoms with Crippen molar-refractivity contribution < 1.29 is 4.79 Å². The van der Waals surface area contributed by atoms with E-state index in [2.05, 4.69) is 68.7 Å². The number of nitrogens with zero attached hydrogens (tertiary/aromatic N) is 1. The van der Waals surface area contributed by atoms with Gasteiger partial charge in [-0.15, -0.1) is 0 Å². The number of anilines is 1. The van der Waals surface area contributed by atoms with E-state index in [1.807, 2.05) is 0 Å². The highest BCUT2D eigenvalue weighted by Crippen LogP contribution is 2.24. The van der Waals surface area contributed by atoms with Crippen LogP contribution in [0.1, 0.15) is 56.3 Å². The molecule has 4 heteroatoms. The SMILES string of the molecule is CC(C)c1ccc([C@H](NCC(=O)Nc2ccccc2C#N)C(C)C)cc1. The van der Waals surface area contributed by atoms with Crippen molar-refractivity contribution in [2.75, 3.05) is 11.9 Å². The molecular formula is C22H27N3O. The second kappa shape index (κ2) is 9.17. The van der Waals surface area contributed by atoms with Crippen LogP contribution in [-0.4, -0.2) is 12.5 Å². The third-order valence-electron chi connectivity index (χ3n) is 4.43. The molecule has 0 aliphatic heterocycles. The van der Waals surface area contributed by atoms with Gasteiger partial charge in [-0.05, 0) is 35.1 Å². The predicted octanol–water partition coefficient (Wildman–Crippen LogP) is 4.61. The molecule has 1 amide bonds. The summed E-state index contributed by atoms with van der Waals surface area (Å²) in [5.41, 5.74) is 3.49. The van der Waals surface area contributed by atoms with Crippen molar-refractivity contribution in [2.45, 2.75) is 39.7 Å². The highest BCUT2D eigenvalue weighted by atomic mass is 16.1. The summed E-state index contributed by atoms with van der Waals surface area (Å²) in [6, 6.07) is 17.8. The quantitative estimate of drug-likeness (QED) is 0.767. The molecule has 0 radical (unpaired) electrons. The molecule has 26 heavy (non-hydrogen) atoms. The Bertz CT molecular complexity index is 773. The van der Waals surface area contributed by atoms with Gasteiger partial charge in [0, 0.05) is 6.04 Å². The molecule has 0 saturated heterocycles. The van der Waals surface area contributed by atoms with E-state index >= 15 is 0 Å². The van der Waals surface area contributed by atoms with Crippen LogP contribution in [0, 0.1) is 17.2 Å². The monoisotopic (exact) mass is 349 g/mol. The summed E-state index contributed by atoms with van der Waals surface area (Å²) in [5, 5.41) is 15.3. The average Bonchev–Trinajstić information content (AvgIpc) is 2.62. The first-order valence-electron chi connectivity index (χ1n) is 9.04. The average molecular weight is 349 g/mol. The molecule has 0 unspecified atom stereocenters. The van der Waals surface area contributed by atoms with E-state index in [0.717, 1.165) is 0 Å². The van der Waals surface area contributed by atoms with Crippen molar-refractivity contribution in [3.05, 3.63) is 65.2 Å². The Morgan fingerprint density at radius 2 is 1.62 bits per heavy atom. The van der Waals surface area contributed by atoms with Gasteiger partial charge < -0.3 is 10.6 Å². The Labute approximate surface area is 156 Å². The van der Waals surface area contributed by atoms with Crippen LogP contribution in [0.15, 0.2) is 48.5 Å². The number of nitrogens with one attached hydrogen (secondary N) is 2. The molecule has 0 saturated carbocycles. The smallest absolute Gasteiger partial charge is 0.238 e. The first-order chi connectivity index (χ1) is 12.4. The fourth-order valence-corrected chi connectivity index (χ4v) is 2.91. The maximum absolute atomic E-state index is 12.3. The van der Waals surface area contributed by atoms with Crippen molar-refractivity contribution in [3.8, 4) is 6.07 Å². The van der Waals surface area contributed by atoms with Gasteiger partial charge in [-0.1, -0.05) is 64.1 Å². The lowest BCUT2D eigenvalue weighted by Gasteiger charge is -2.23. The lowest BCUT2D eigenvalue weighted by Crippen LogP contribution is -2.33. The minimum Gasteiger partial charge on any atom is -0.324 e. The van der Waals surface area contributed by atoms with Crippen LogP contribution in [0.4, 0.5) is 5.69 Å². The van der Waals surface area contributed by atoms with Crippen LogP contribution in [-0.2, 0) is 4.79 Å². The van der Waals surface area contributed by atoms with E-state index in [-0.39, 0.29) is 18.5 Å². The van der Waals surface area contributed by atoms with E-state index in [0.29, 0.717) is 23.1 Å². The van der Waals surface area contributed by atoms with Crippen LogP contribution in [0.3, 0.4) is 0 Å². The summed E-state index contributed by atoms with van der Waals surface area (Å²) >= 11 is 0. The van der Waals surface area contributed by atoms with Crippen molar-refractivity contribution in [1.82, 2.24) is 5.32 Å². The maximum atomic E-state index is 12.3. The molecule has 2 N–H and O–H groups in total. The molecule has 0 fully saturated rings. The number of hydrogen-bond acceptors (Lipinski definition) is 3. The molecule has 2 aromatic carbocycles. The van der Waals surface area contributed by atoms with E-state index in [1.165, 1.54) is 11.1 Å². The van der Waals surface area contributed by atoms with Crippen LogP contribution >= 0.6 is 0 Å². The zero-order chi connectivity index (χ0) is 19.1. The summed E-state index contributed by atoms with van der Waals surface area (Å²) in [6.07, 6.45) is 0. The highest BCUT2D eigenvalue weighted by Gasteiger charge is 2.17. The first kappa shape index (κ1) is 19.7. The van der Waals surface area contributed by atoms with Crippen LogP contribution in [0.2, 0.25) is 0 Å². The van der Waals surface area contributed by atoms with Gasteiger partial charge in [-0.3, -0.25) is 4.79 Å². The molecule has 0 heterocycles. The van der Waals surface area contributed by atoms with Gasteiger partial charge in [0.05, 0.1) is 17.8 Å². The van der Waals surface area contributed by atoms with Crippen molar-refractivity contribution in [2.24, 2.45) is 5.92 Å². The maximum Gasteiger partial charge on any atom is 0.238 e. The van der Waals surface area contributed by atoms with E-state index in [1.54, 1.807) is 24.3 Å². The van der Waals surface area contributed by atoms with Gasteiger partial charge in [0.2, 0.25) is 5.91 Å². The van der Waals surface area contributed by atoms with Crippen molar-refractivity contribution >= 4 is 11.6 Å². The summed E-state index contributed by atoms with van der Waals surface area (Å²) < 4.78 is 0. The molecular weight excluding hydrogens is 322 g/mol. The van der Waals surface area contributed by atoms with Gasteiger partial charge in [-0.2, -0.15) is 5.26 Å². The summed E-state index contributed by atoms with van der Waals surface area (Å²) in [4.78, 5) is 12.3. The molecule has 4 nitrogen and oxygen atoms in total. The summed E-state index contributed by atoms with van der Waals surface area (Å²) in [5.74, 6) is 0.691. The molecule has 0 spiro atoms. The standard InChI is InChI=1S/C22H27N3O/c1-15(2)17-9-11-18(12-10-17)22(16(3)4)24-14-21(26)25-20-8-6-5-7-19(20)13-23/h5-12,15-16,22,24H,14H2,1-4H3,(H,25,26)/t22-/m1/s1. The second-order valence-corrected chi connectivity index (χ2v) is 7.13. The van der Waals surface area contributed by atoms with E-state index < -0.39 is 0 Å². The van der Waals surface area contributed by atoms with Crippen molar-refractivity contribution in [3.63, 3.8) is 0 Å². The van der Waals surface area contributed by atoms with Crippen LogP contribution in [0.25, 0.3) is 0 Å². The third kappa shape index (κ3) is 5.18. The number of carbonyl (C=O) groups is 1.